The van der Waals surface area contributed by atoms with Crippen molar-refractivity contribution in [2.45, 2.75) is 158 Å². The summed E-state index contributed by atoms with van der Waals surface area (Å²) in [7, 11) is 2.97. The van der Waals surface area contributed by atoms with Gasteiger partial charge in [-0.2, -0.15) is 0 Å². The number of fused-ring (bicyclic) bond motifs is 10. The number of aliphatic hydroxyl groups is 7. The lowest BCUT2D eigenvalue weighted by Gasteiger charge is -2.63. The van der Waals surface area contributed by atoms with Crippen LogP contribution in [0.3, 0.4) is 0 Å². The summed E-state index contributed by atoms with van der Waals surface area (Å²) in [6, 6.07) is 17.0. The maximum Gasteiger partial charge on any atom is 0.313 e. The predicted molar refractivity (Wildman–Crippen MR) is 346 cm³/mol. The number of ether oxygens (including phenoxy) is 1. The number of nitrogens with two attached hydrogens (primary N) is 1. The number of hydrogen-bond acceptors (Lipinski definition) is 16. The number of phenolic OH excluding ortho intramolecular Hbond substituents is 1. The number of nitrogens with zero attached hydrogens (tertiary/aromatic N) is 1. The first-order valence-electron chi connectivity index (χ1n) is 33.1. The van der Waals surface area contributed by atoms with Crippen LogP contribution in [0.5, 0.6) is 5.75 Å². The van der Waals surface area contributed by atoms with E-state index in [2.05, 4.69) is 45.5 Å². The number of aliphatic hydroxyl groups excluding tert-OH is 5. The van der Waals surface area contributed by atoms with E-state index in [1.165, 1.54) is 27.2 Å². The number of phenols is 1. The zero-order valence-electron chi connectivity index (χ0n) is 52.1. The second-order valence-electron chi connectivity index (χ2n) is 28.9. The first-order chi connectivity index (χ1) is 43.2. The number of nitrogens with one attached hydrogen (secondary N) is 3. The molecule has 0 spiro atoms. The highest BCUT2D eigenvalue weighted by Crippen LogP contribution is 2.73. The minimum absolute atomic E-state index is 0.0139. The van der Waals surface area contributed by atoms with Gasteiger partial charge in [0.25, 0.3) is 0 Å². The highest BCUT2D eigenvalue weighted by Gasteiger charge is 2.75. The molecular weight excluding hydrogens is 1180 g/mol. The summed E-state index contributed by atoms with van der Waals surface area (Å²) < 4.78 is 5.98. The summed E-state index contributed by atoms with van der Waals surface area (Å²) in [4.78, 5) is 53.2. The van der Waals surface area contributed by atoms with Crippen molar-refractivity contribution in [2.24, 2.45) is 92.6 Å². The Labute approximate surface area is 536 Å². The van der Waals surface area contributed by atoms with Crippen molar-refractivity contribution in [1.82, 2.24) is 15.6 Å². The SMILES string of the molecule is C[C@H]1CCC2=CC[C@H]3[C@H](CO)C[C@@H](O)[C@](C)(O)[C@H]4[C@@H](CC#C[C@@H]([C@H]5COC(=O)[C@@H]5c5cc[nH]c5)C[C@H]3[C@H]2C1)C[C@@]1(O)C2=C3N[C@H](CO)C(=O)C[C@@H](c5ccc(O)cc5)CSSC[C@H]5[C@@H](O)[C@@H](O)C[C@@](C)([C@@H]5C3=O)[C@H]2CC[C@]41CCNC(N)=NCc1ccccc1. The number of aromatic hydroxyl groups is 1. The normalized spacial score (nSPS) is 41.5. The summed E-state index contributed by atoms with van der Waals surface area (Å²) in [6.45, 7) is 5.59. The third kappa shape index (κ3) is 11.8. The maximum atomic E-state index is 16.4. The van der Waals surface area contributed by atoms with E-state index in [9.17, 15) is 45.3 Å². The van der Waals surface area contributed by atoms with Gasteiger partial charge >= 0.3 is 5.97 Å². The van der Waals surface area contributed by atoms with E-state index in [-0.39, 0.29) is 135 Å². The third-order valence-electron chi connectivity index (χ3n) is 24.0. The molecule has 19 heteroatoms. The zero-order valence-corrected chi connectivity index (χ0v) is 53.7. The fraction of sp³-hybridized carbons (Fsp3) is 0.634. The van der Waals surface area contributed by atoms with Crippen LogP contribution < -0.4 is 16.4 Å². The molecule has 12 rings (SSSR count). The number of carbonyl (C=O) groups excluding carboxylic acids is 3. The Morgan fingerprint density at radius 3 is 2.42 bits per heavy atom. The number of guanidine groups is 1. The lowest BCUT2D eigenvalue weighted by Crippen LogP contribution is -2.67. The first kappa shape index (κ1) is 64.9. The van der Waals surface area contributed by atoms with Gasteiger partial charge in [0.05, 0.1) is 60.9 Å². The average molecular weight is 1270 g/mol. The monoisotopic (exact) mass is 1270 g/mol. The summed E-state index contributed by atoms with van der Waals surface area (Å²) in [6.07, 6.45) is 7.21. The highest BCUT2D eigenvalue weighted by molar-refractivity contribution is 8.76. The first-order valence-corrected chi connectivity index (χ1v) is 35.6. The minimum atomic E-state index is -2.02. The number of aromatic nitrogens is 1. The van der Waals surface area contributed by atoms with Gasteiger partial charge in [0, 0.05) is 90.8 Å². The molecule has 0 amide bonds. The number of aliphatic imine (C=N–C) groups is 1. The number of carbonyl (C=O) groups is 3. The van der Waals surface area contributed by atoms with Crippen molar-refractivity contribution in [3.8, 4) is 17.6 Å². The van der Waals surface area contributed by atoms with Crippen molar-refractivity contribution in [1.29, 1.82) is 0 Å². The van der Waals surface area contributed by atoms with Crippen LogP contribution in [-0.2, 0) is 25.7 Å². The van der Waals surface area contributed by atoms with E-state index in [0.717, 1.165) is 36.0 Å². The van der Waals surface area contributed by atoms with Crippen molar-refractivity contribution < 1.29 is 60.0 Å². The van der Waals surface area contributed by atoms with Gasteiger partial charge in [-0.25, -0.2) is 4.99 Å². The standard InChI is InChI=1S/C71H93N5O12S2/c1-39-12-13-42-16-19-49-46(34-77)29-58(82)69(3,86)65-44(11-7-10-43(27-51(49)50(42)26-39)52-36-88-66(85)59(52)45-21-24-73-33-45)30-71(87)61-54(20-22-70(65,71)23-25-74-67(72)75-32-40-8-5-4-6-9-40)68(2)31-57(81)63(83)53-38-90-89-37-47(41-14-17-48(79)18-15-41)28-56(80)55(35-78)76-62(61)64(84)60(53)68/h4-6,8-9,14-18,21,24,33,39,43-44,46-47,49-55,57-60,63,65,73,76-79,81-83,86-87H,11-13,19-20,22-23,25-32,34-38H2,1-3H3,(H3,72,74,75)/t39-,43+,44-,46-,47+,49-,50-,51+,52+,53+,54-,55+,57-,58+,59+,60-,63+,65+,68+,69-,70-,71+/m0/s1. The third-order valence-corrected chi connectivity index (χ3v) is 26.6. The Morgan fingerprint density at radius 2 is 1.68 bits per heavy atom. The van der Waals surface area contributed by atoms with Crippen LogP contribution >= 0.6 is 21.6 Å². The smallest absolute Gasteiger partial charge is 0.313 e. The molecule has 13 N–H and O–H groups in total. The van der Waals surface area contributed by atoms with Gasteiger partial charge < -0.3 is 66.9 Å². The maximum absolute atomic E-state index is 16.4. The van der Waals surface area contributed by atoms with Gasteiger partial charge in [-0.1, -0.05) is 95.5 Å². The summed E-state index contributed by atoms with van der Waals surface area (Å²) in [5.74, 6) is 1.84. The predicted octanol–water partition coefficient (Wildman–Crippen LogP) is 7.05. The molecule has 9 aliphatic rings. The number of hydrogen-bond donors (Lipinski definition) is 12. The van der Waals surface area contributed by atoms with Crippen LogP contribution in [0.15, 0.2) is 101 Å². The van der Waals surface area contributed by atoms with E-state index >= 15 is 9.90 Å². The molecule has 90 heavy (non-hydrogen) atoms. The lowest BCUT2D eigenvalue weighted by atomic mass is 9.43. The molecule has 7 aliphatic carbocycles. The number of esters is 1. The average Bonchev–Trinajstić information content (AvgIpc) is 1.34. The molecule has 0 radical (unpaired) electrons. The summed E-state index contributed by atoms with van der Waals surface area (Å²) in [5.41, 5.74) is 4.53. The Kier molecular flexibility index (Phi) is 19.0. The lowest BCUT2D eigenvalue weighted by molar-refractivity contribution is -0.194. The van der Waals surface area contributed by atoms with Gasteiger partial charge in [-0.3, -0.25) is 14.4 Å². The van der Waals surface area contributed by atoms with Crippen molar-refractivity contribution in [3.05, 3.63) is 113 Å². The molecule has 486 valence electrons. The van der Waals surface area contributed by atoms with Crippen LogP contribution in [-0.4, -0.2) is 143 Å². The molecule has 6 fully saturated rings. The van der Waals surface area contributed by atoms with E-state index in [4.69, 9.17) is 10.5 Å². The molecule has 0 unspecified atom stereocenters. The molecule has 17 nitrogen and oxygen atoms in total. The van der Waals surface area contributed by atoms with Gasteiger partial charge in [0.1, 0.15) is 11.8 Å². The number of Topliss-reactive ketones (excluding diaryl/α,β-unsaturated/α-hetero) is 2. The highest BCUT2D eigenvalue weighted by atomic mass is 33.1. The van der Waals surface area contributed by atoms with E-state index < -0.39 is 100 Å². The molecule has 2 aliphatic heterocycles. The van der Waals surface area contributed by atoms with Gasteiger partial charge in [0.2, 0.25) is 0 Å². The molecule has 2 aromatic carbocycles. The molecule has 3 heterocycles. The van der Waals surface area contributed by atoms with Gasteiger partial charge in [-0.15, -0.1) is 5.92 Å². The van der Waals surface area contributed by atoms with Gasteiger partial charge in [-0.05, 0) is 165 Å². The van der Waals surface area contributed by atoms with Crippen LogP contribution in [0.2, 0.25) is 0 Å². The number of aromatic amines is 1. The Bertz CT molecular complexity index is 3260. The zero-order chi connectivity index (χ0) is 63.4. The van der Waals surface area contributed by atoms with Crippen LogP contribution in [0, 0.1) is 93.7 Å². The topological polar surface area (TPSA) is 301 Å². The fourth-order valence-electron chi connectivity index (χ4n) is 19.7. The minimum Gasteiger partial charge on any atom is -0.508 e. The second-order valence-corrected chi connectivity index (χ2v) is 31.5. The Hall–Kier alpha value is -5.14. The van der Waals surface area contributed by atoms with Crippen LogP contribution in [0.1, 0.15) is 133 Å². The number of H-pyrrole nitrogens is 1. The van der Waals surface area contributed by atoms with Crippen molar-refractivity contribution in [3.63, 3.8) is 0 Å². The fourth-order valence-corrected chi connectivity index (χ4v) is 22.5. The number of rotatable bonds is 10. The molecule has 4 saturated carbocycles. The number of benzene rings is 2. The van der Waals surface area contributed by atoms with Crippen LogP contribution in [0.25, 0.3) is 0 Å². The summed E-state index contributed by atoms with van der Waals surface area (Å²) in [5, 5.41) is 107. The Balaban J connectivity index is 1.02. The molecule has 3 aromatic rings. The van der Waals surface area contributed by atoms with E-state index in [0.29, 0.717) is 43.1 Å². The van der Waals surface area contributed by atoms with Gasteiger partial charge in [0.15, 0.2) is 17.5 Å². The second kappa shape index (κ2) is 26.3. The van der Waals surface area contributed by atoms with Crippen molar-refractivity contribution >= 4 is 45.1 Å². The number of cyclic esters (lactones) is 1. The largest absolute Gasteiger partial charge is 0.508 e. The molecule has 22 atom stereocenters. The van der Waals surface area contributed by atoms with E-state index in [1.807, 2.05) is 55.7 Å². The molecule has 2 bridgehead atoms. The molecular formula is C71H93N5O12S2. The van der Waals surface area contributed by atoms with E-state index in [1.54, 1.807) is 31.2 Å². The Morgan fingerprint density at radius 1 is 0.900 bits per heavy atom. The van der Waals surface area contributed by atoms with Crippen LogP contribution in [0.4, 0.5) is 0 Å². The summed E-state index contributed by atoms with van der Waals surface area (Å²) >= 11 is 0. The quantitative estimate of drug-likeness (QED) is 0.0242. The van der Waals surface area contributed by atoms with Crippen molar-refractivity contribution in [2.75, 3.05) is 37.9 Å². The molecule has 1 aromatic heterocycles. The molecule has 2 saturated heterocycles. The number of allylic oxidation sites excluding steroid dienone is 3. The number of ketones is 2.